The van der Waals surface area contributed by atoms with Gasteiger partial charge in [-0.15, -0.1) is 0 Å². The van der Waals surface area contributed by atoms with Crippen LogP contribution in [0.15, 0.2) is 77.9 Å². The summed E-state index contributed by atoms with van der Waals surface area (Å²) < 4.78 is 5.44. The van der Waals surface area contributed by atoms with Crippen molar-refractivity contribution in [1.82, 2.24) is 4.98 Å². The first-order chi connectivity index (χ1) is 17.1. The Hall–Kier alpha value is -4.02. The van der Waals surface area contributed by atoms with Gasteiger partial charge < -0.3 is 15.0 Å². The van der Waals surface area contributed by atoms with Crippen molar-refractivity contribution in [2.45, 2.75) is 25.4 Å². The van der Waals surface area contributed by atoms with E-state index in [0.717, 1.165) is 36.3 Å². The van der Waals surface area contributed by atoms with Gasteiger partial charge in [0.1, 0.15) is 11.5 Å². The number of hydrogen-bond donors (Lipinski definition) is 1. The molecule has 2 unspecified atom stereocenters. The third-order valence-corrected chi connectivity index (χ3v) is 6.23. The van der Waals surface area contributed by atoms with Crippen LogP contribution in [0.1, 0.15) is 36.0 Å². The van der Waals surface area contributed by atoms with Gasteiger partial charge in [-0.05, 0) is 36.2 Å². The van der Waals surface area contributed by atoms with Crippen LogP contribution in [0.2, 0.25) is 0 Å². The van der Waals surface area contributed by atoms with E-state index in [4.69, 9.17) is 15.0 Å². The summed E-state index contributed by atoms with van der Waals surface area (Å²) in [6.07, 6.45) is 3.01. The van der Waals surface area contributed by atoms with Crippen molar-refractivity contribution >= 4 is 23.1 Å². The third-order valence-electron chi connectivity index (χ3n) is 6.23. The van der Waals surface area contributed by atoms with Crippen LogP contribution in [0.5, 0.6) is 0 Å². The number of ether oxygens (including phenoxy) is 1. The minimum absolute atomic E-state index is 0.0862. The van der Waals surface area contributed by atoms with Crippen LogP contribution in [0.4, 0.5) is 11.5 Å². The number of aliphatic imine (C=N–C) groups is 1. The Morgan fingerprint density at radius 2 is 1.97 bits per heavy atom. The number of amides is 1. The monoisotopic (exact) mass is 467 g/mol. The maximum atomic E-state index is 13.2. The maximum Gasteiger partial charge on any atom is 0.275 e. The molecule has 1 aliphatic rings. The van der Waals surface area contributed by atoms with Gasteiger partial charge in [-0.25, -0.2) is 4.98 Å². The molecule has 0 aliphatic carbocycles. The Bertz CT molecular complexity index is 1200. The van der Waals surface area contributed by atoms with E-state index in [9.17, 15) is 4.79 Å². The normalized spacial score (nSPS) is 16.5. The number of nitriles is 1. The second kappa shape index (κ2) is 11.4. The molecule has 0 bridgehead atoms. The molecular weight excluding hydrogens is 438 g/mol. The van der Waals surface area contributed by atoms with E-state index in [1.165, 1.54) is 0 Å². The van der Waals surface area contributed by atoms with Gasteiger partial charge >= 0.3 is 0 Å². The Labute approximate surface area is 206 Å². The largest absolute Gasteiger partial charge is 0.380 e. The Kier molecular flexibility index (Phi) is 7.86. The minimum atomic E-state index is -0.302. The lowest BCUT2D eigenvalue weighted by Gasteiger charge is -2.18. The summed E-state index contributed by atoms with van der Waals surface area (Å²) in [6.45, 7) is 4.25. The van der Waals surface area contributed by atoms with Gasteiger partial charge in [0.2, 0.25) is 0 Å². The fourth-order valence-corrected chi connectivity index (χ4v) is 4.09. The molecule has 4 rings (SSSR count). The van der Waals surface area contributed by atoms with E-state index >= 15 is 0 Å². The number of hydrogen-bond acceptors (Lipinski definition) is 6. The topological polar surface area (TPSA) is 90.6 Å². The van der Waals surface area contributed by atoms with Crippen molar-refractivity contribution in [3.63, 3.8) is 0 Å². The van der Waals surface area contributed by atoms with Crippen LogP contribution in [-0.4, -0.2) is 49.5 Å². The SMILES string of the molecule is COC1CCN(c2ccc(NC(=O)C(=NCC(C)c3ccc(C#N)cc3)c3ccccc3)nc2)C1. The minimum Gasteiger partial charge on any atom is -0.380 e. The van der Waals surface area contributed by atoms with Crippen LogP contribution in [-0.2, 0) is 9.53 Å². The summed E-state index contributed by atoms with van der Waals surface area (Å²) in [5.41, 5.74) is 3.80. The van der Waals surface area contributed by atoms with E-state index in [1.54, 1.807) is 25.4 Å². The lowest BCUT2D eigenvalue weighted by molar-refractivity contribution is -0.110. The molecule has 1 saturated heterocycles. The van der Waals surface area contributed by atoms with Gasteiger partial charge in [0.05, 0.1) is 29.6 Å². The van der Waals surface area contributed by atoms with Crippen molar-refractivity contribution in [1.29, 1.82) is 5.26 Å². The number of carbonyl (C=O) groups is 1. The first kappa shape index (κ1) is 24.1. The number of carbonyl (C=O) groups excluding carboxylic acids is 1. The molecule has 7 nitrogen and oxygen atoms in total. The van der Waals surface area contributed by atoms with Crippen molar-refractivity contribution in [2.24, 2.45) is 4.99 Å². The molecule has 178 valence electrons. The number of aromatic nitrogens is 1. The molecule has 1 aliphatic heterocycles. The first-order valence-corrected chi connectivity index (χ1v) is 11.7. The molecule has 2 heterocycles. The zero-order valence-electron chi connectivity index (χ0n) is 20.0. The van der Waals surface area contributed by atoms with Gasteiger partial charge in [0.25, 0.3) is 5.91 Å². The van der Waals surface area contributed by atoms with Gasteiger partial charge in [-0.1, -0.05) is 49.4 Å². The quantitative estimate of drug-likeness (QED) is 0.496. The number of anilines is 2. The van der Waals surface area contributed by atoms with Crippen LogP contribution >= 0.6 is 0 Å². The average molecular weight is 468 g/mol. The number of methoxy groups -OCH3 is 1. The maximum absolute atomic E-state index is 13.2. The summed E-state index contributed by atoms with van der Waals surface area (Å²) in [6, 6.07) is 22.8. The summed E-state index contributed by atoms with van der Waals surface area (Å²) >= 11 is 0. The Morgan fingerprint density at radius 3 is 2.60 bits per heavy atom. The second-order valence-corrected chi connectivity index (χ2v) is 8.64. The molecule has 2 atom stereocenters. The molecule has 2 aromatic carbocycles. The lowest BCUT2D eigenvalue weighted by Crippen LogP contribution is -2.25. The van der Waals surface area contributed by atoms with Crippen LogP contribution < -0.4 is 10.2 Å². The van der Waals surface area contributed by atoms with Gasteiger partial charge in [-0.3, -0.25) is 9.79 Å². The van der Waals surface area contributed by atoms with Crippen molar-refractivity contribution < 1.29 is 9.53 Å². The van der Waals surface area contributed by atoms with Crippen LogP contribution in [0, 0.1) is 11.3 Å². The molecule has 1 aromatic heterocycles. The number of rotatable bonds is 8. The van der Waals surface area contributed by atoms with Crippen molar-refractivity contribution in [2.75, 3.05) is 37.0 Å². The van der Waals surface area contributed by atoms with Gasteiger partial charge in [0.15, 0.2) is 0 Å². The van der Waals surface area contributed by atoms with Gasteiger partial charge in [0, 0.05) is 38.2 Å². The molecule has 0 spiro atoms. The van der Waals surface area contributed by atoms with E-state index < -0.39 is 0 Å². The molecular formula is C28H29N5O2. The smallest absolute Gasteiger partial charge is 0.275 e. The zero-order chi connectivity index (χ0) is 24.6. The standard InChI is InChI=1S/C28H29N5O2/c1-20(22-10-8-21(16-29)9-11-22)17-31-27(23-6-4-3-5-7-23)28(34)32-26-13-12-24(18-30-26)33-15-14-25(19-33)35-2/h3-13,18,20,25H,14-15,17,19H2,1-2H3,(H,30,32,34). The number of nitrogens with zero attached hydrogens (tertiary/aromatic N) is 4. The second-order valence-electron chi connectivity index (χ2n) is 8.64. The van der Waals surface area contributed by atoms with Crippen LogP contribution in [0.25, 0.3) is 0 Å². The molecule has 1 fully saturated rings. The molecule has 35 heavy (non-hydrogen) atoms. The van der Waals surface area contributed by atoms with E-state index in [-0.39, 0.29) is 17.9 Å². The summed E-state index contributed by atoms with van der Waals surface area (Å²) in [5.74, 6) is 0.261. The molecule has 1 N–H and O–H groups in total. The Balaban J connectivity index is 1.47. The number of nitrogens with one attached hydrogen (secondary N) is 1. The highest BCUT2D eigenvalue weighted by Crippen LogP contribution is 2.22. The molecule has 1 amide bonds. The summed E-state index contributed by atoms with van der Waals surface area (Å²) in [4.78, 5) is 24.6. The van der Waals surface area contributed by atoms with Crippen molar-refractivity contribution in [3.05, 3.63) is 89.6 Å². The highest BCUT2D eigenvalue weighted by Gasteiger charge is 2.22. The molecule has 3 aromatic rings. The number of benzene rings is 2. The average Bonchev–Trinajstić information content (AvgIpc) is 3.39. The third kappa shape index (κ3) is 6.11. The highest BCUT2D eigenvalue weighted by molar-refractivity contribution is 6.48. The zero-order valence-corrected chi connectivity index (χ0v) is 20.0. The Morgan fingerprint density at radius 1 is 1.20 bits per heavy atom. The van der Waals surface area contributed by atoms with E-state index in [2.05, 4.69) is 28.2 Å². The summed E-state index contributed by atoms with van der Waals surface area (Å²) in [7, 11) is 1.74. The predicted octanol–water partition coefficient (Wildman–Crippen LogP) is 4.41. The fourth-order valence-electron chi connectivity index (χ4n) is 4.09. The molecule has 0 radical (unpaired) electrons. The van der Waals surface area contributed by atoms with Gasteiger partial charge in [-0.2, -0.15) is 5.26 Å². The van der Waals surface area contributed by atoms with E-state index in [1.807, 2.05) is 54.6 Å². The highest BCUT2D eigenvalue weighted by atomic mass is 16.5. The predicted molar refractivity (Wildman–Crippen MR) is 138 cm³/mol. The van der Waals surface area contributed by atoms with Crippen molar-refractivity contribution in [3.8, 4) is 6.07 Å². The first-order valence-electron chi connectivity index (χ1n) is 11.7. The number of pyridine rings is 1. The molecule has 7 heteroatoms. The lowest BCUT2D eigenvalue weighted by atomic mass is 10.00. The van der Waals surface area contributed by atoms with E-state index in [0.29, 0.717) is 23.6 Å². The fraction of sp³-hybridized carbons (Fsp3) is 0.286. The molecule has 0 saturated carbocycles. The summed E-state index contributed by atoms with van der Waals surface area (Å²) in [5, 5.41) is 11.9. The van der Waals surface area contributed by atoms with Crippen LogP contribution in [0.3, 0.4) is 0 Å².